The van der Waals surface area contributed by atoms with Gasteiger partial charge in [-0.15, -0.1) is 0 Å². The van der Waals surface area contributed by atoms with E-state index in [1.165, 1.54) is 0 Å². The molecule has 0 bridgehead atoms. The number of morpholine rings is 1. The molecule has 0 aromatic rings. The fraction of sp³-hybridized carbons (Fsp3) is 0.867. The van der Waals surface area contributed by atoms with Crippen LogP contribution in [0.4, 0.5) is 0 Å². The van der Waals surface area contributed by atoms with Crippen molar-refractivity contribution in [3.63, 3.8) is 0 Å². The second kappa shape index (κ2) is 8.34. The van der Waals surface area contributed by atoms with Crippen molar-refractivity contribution in [2.45, 2.75) is 32.1 Å². The van der Waals surface area contributed by atoms with E-state index in [0.717, 1.165) is 52.0 Å². The molecule has 1 N–H and O–H groups in total. The fourth-order valence-corrected chi connectivity index (χ4v) is 3.10. The van der Waals surface area contributed by atoms with Crippen molar-refractivity contribution in [2.24, 2.45) is 5.92 Å². The number of hydrogen-bond acceptors (Lipinski definition) is 4. The lowest BCUT2D eigenvalue weighted by atomic mass is 10.0. The van der Waals surface area contributed by atoms with E-state index in [4.69, 9.17) is 9.84 Å². The molecule has 0 aromatic carbocycles. The standard InChI is InChI=1S/C15H26N2O4/c18-14(17-8-10-21-11-9-17)2-1-6-16-7-5-13(12-16)3-4-15(19)20/h13H,1-12H2,(H,19,20). The summed E-state index contributed by atoms with van der Waals surface area (Å²) in [6.45, 7) is 5.72. The molecular formula is C15H26N2O4. The van der Waals surface area contributed by atoms with Gasteiger partial charge in [0.15, 0.2) is 0 Å². The van der Waals surface area contributed by atoms with Crippen LogP contribution in [0.5, 0.6) is 0 Å². The Morgan fingerprint density at radius 1 is 1.14 bits per heavy atom. The average Bonchev–Trinajstić information content (AvgIpc) is 2.94. The summed E-state index contributed by atoms with van der Waals surface area (Å²) >= 11 is 0. The zero-order valence-corrected chi connectivity index (χ0v) is 12.6. The van der Waals surface area contributed by atoms with Crippen LogP contribution in [0.1, 0.15) is 32.1 Å². The number of amides is 1. The Labute approximate surface area is 126 Å². The molecule has 2 saturated heterocycles. The highest BCUT2D eigenvalue weighted by atomic mass is 16.5. The highest BCUT2D eigenvalue weighted by Gasteiger charge is 2.23. The number of aliphatic carboxylic acids is 1. The van der Waals surface area contributed by atoms with Gasteiger partial charge in [-0.1, -0.05) is 0 Å². The molecule has 2 rings (SSSR count). The quantitative estimate of drug-likeness (QED) is 0.753. The molecule has 6 heteroatoms. The molecule has 1 unspecified atom stereocenters. The summed E-state index contributed by atoms with van der Waals surface area (Å²) in [5.41, 5.74) is 0. The van der Waals surface area contributed by atoms with E-state index >= 15 is 0 Å². The summed E-state index contributed by atoms with van der Waals surface area (Å²) in [5.74, 6) is 0.0422. The monoisotopic (exact) mass is 298 g/mol. The molecule has 0 spiro atoms. The van der Waals surface area contributed by atoms with Crippen LogP contribution in [0.3, 0.4) is 0 Å². The zero-order chi connectivity index (χ0) is 15.1. The molecular weight excluding hydrogens is 272 g/mol. The Morgan fingerprint density at radius 2 is 1.90 bits per heavy atom. The Kier molecular flexibility index (Phi) is 6.45. The second-order valence-corrected chi connectivity index (χ2v) is 5.98. The van der Waals surface area contributed by atoms with Crippen molar-refractivity contribution < 1.29 is 19.4 Å². The number of carboxylic acids is 1. The van der Waals surface area contributed by atoms with Gasteiger partial charge < -0.3 is 19.6 Å². The summed E-state index contributed by atoms with van der Waals surface area (Å²) in [7, 11) is 0. The van der Waals surface area contributed by atoms with Gasteiger partial charge in [0.1, 0.15) is 0 Å². The fourth-order valence-electron chi connectivity index (χ4n) is 3.10. The Bertz CT molecular complexity index is 356. The molecule has 0 aliphatic carbocycles. The molecule has 0 aromatic heterocycles. The summed E-state index contributed by atoms with van der Waals surface area (Å²) in [6, 6.07) is 0. The molecule has 21 heavy (non-hydrogen) atoms. The molecule has 6 nitrogen and oxygen atoms in total. The van der Waals surface area contributed by atoms with Gasteiger partial charge in [0, 0.05) is 32.5 Å². The van der Waals surface area contributed by atoms with Crippen LogP contribution in [0.2, 0.25) is 0 Å². The third-order valence-electron chi connectivity index (χ3n) is 4.37. The predicted octanol–water partition coefficient (Wildman–Crippen LogP) is 0.812. The second-order valence-electron chi connectivity index (χ2n) is 5.98. The van der Waals surface area contributed by atoms with Gasteiger partial charge in [-0.25, -0.2) is 0 Å². The molecule has 120 valence electrons. The summed E-state index contributed by atoms with van der Waals surface area (Å²) in [5, 5.41) is 8.70. The predicted molar refractivity (Wildman–Crippen MR) is 78.0 cm³/mol. The first-order valence-electron chi connectivity index (χ1n) is 7.95. The lowest BCUT2D eigenvalue weighted by molar-refractivity contribution is -0.137. The molecule has 2 aliphatic heterocycles. The number of rotatable bonds is 7. The van der Waals surface area contributed by atoms with Gasteiger partial charge in [-0.3, -0.25) is 9.59 Å². The van der Waals surface area contributed by atoms with Crippen molar-refractivity contribution >= 4 is 11.9 Å². The highest BCUT2D eigenvalue weighted by Crippen LogP contribution is 2.21. The first-order valence-corrected chi connectivity index (χ1v) is 7.95. The van der Waals surface area contributed by atoms with Crippen LogP contribution in [0.25, 0.3) is 0 Å². The molecule has 2 aliphatic rings. The number of likely N-dealkylation sites (tertiary alicyclic amines) is 1. The summed E-state index contributed by atoms with van der Waals surface area (Å²) in [4.78, 5) is 26.8. The minimum atomic E-state index is -0.704. The van der Waals surface area contributed by atoms with Crippen molar-refractivity contribution in [1.29, 1.82) is 0 Å². The third-order valence-corrected chi connectivity index (χ3v) is 4.37. The van der Waals surface area contributed by atoms with Crippen LogP contribution in [-0.4, -0.2) is 72.7 Å². The lowest BCUT2D eigenvalue weighted by Crippen LogP contribution is -2.40. The highest BCUT2D eigenvalue weighted by molar-refractivity contribution is 5.76. The number of carboxylic acid groups (broad SMARTS) is 1. The number of ether oxygens (including phenoxy) is 1. The number of carbonyl (C=O) groups is 2. The van der Waals surface area contributed by atoms with Gasteiger partial charge in [-0.2, -0.15) is 0 Å². The number of hydrogen-bond donors (Lipinski definition) is 1. The minimum Gasteiger partial charge on any atom is -0.481 e. The Hall–Kier alpha value is -1.14. The van der Waals surface area contributed by atoms with E-state index in [2.05, 4.69) is 4.90 Å². The van der Waals surface area contributed by atoms with Gasteiger partial charge >= 0.3 is 5.97 Å². The van der Waals surface area contributed by atoms with Gasteiger partial charge in [0.2, 0.25) is 5.91 Å². The van der Waals surface area contributed by atoms with Crippen molar-refractivity contribution in [3.8, 4) is 0 Å². The molecule has 2 fully saturated rings. The Morgan fingerprint density at radius 3 is 2.62 bits per heavy atom. The maximum absolute atomic E-state index is 12.0. The topological polar surface area (TPSA) is 70.1 Å². The maximum Gasteiger partial charge on any atom is 0.303 e. The van der Waals surface area contributed by atoms with Crippen LogP contribution < -0.4 is 0 Å². The number of nitrogens with zero attached hydrogens (tertiary/aromatic N) is 2. The first kappa shape index (κ1) is 16.2. The molecule has 2 heterocycles. The van der Waals surface area contributed by atoms with Crippen molar-refractivity contribution in [3.05, 3.63) is 0 Å². The molecule has 1 atom stereocenters. The van der Waals surface area contributed by atoms with Gasteiger partial charge in [0.25, 0.3) is 0 Å². The largest absolute Gasteiger partial charge is 0.481 e. The van der Waals surface area contributed by atoms with Crippen LogP contribution in [-0.2, 0) is 14.3 Å². The number of carbonyl (C=O) groups excluding carboxylic acids is 1. The molecule has 0 saturated carbocycles. The molecule has 1 amide bonds. The van der Waals surface area contributed by atoms with Gasteiger partial charge in [-0.05, 0) is 38.3 Å². The third kappa shape index (κ3) is 5.63. The van der Waals surface area contributed by atoms with E-state index in [1.807, 2.05) is 4.90 Å². The smallest absolute Gasteiger partial charge is 0.303 e. The SMILES string of the molecule is O=C(O)CCC1CCN(CCCC(=O)N2CCOCC2)C1. The maximum atomic E-state index is 12.0. The first-order chi connectivity index (χ1) is 10.1. The van der Waals surface area contributed by atoms with Gasteiger partial charge in [0.05, 0.1) is 13.2 Å². The zero-order valence-electron chi connectivity index (χ0n) is 12.6. The lowest BCUT2D eigenvalue weighted by Gasteiger charge is -2.27. The minimum absolute atomic E-state index is 0.236. The average molecular weight is 298 g/mol. The van der Waals surface area contributed by atoms with E-state index in [0.29, 0.717) is 25.6 Å². The van der Waals surface area contributed by atoms with Crippen molar-refractivity contribution in [1.82, 2.24) is 9.80 Å². The molecule has 0 radical (unpaired) electrons. The normalized spacial score (nSPS) is 23.4. The Balaban J connectivity index is 1.56. The summed E-state index contributed by atoms with van der Waals surface area (Å²) < 4.78 is 5.24. The van der Waals surface area contributed by atoms with E-state index < -0.39 is 5.97 Å². The van der Waals surface area contributed by atoms with E-state index in [9.17, 15) is 9.59 Å². The van der Waals surface area contributed by atoms with E-state index in [-0.39, 0.29) is 12.3 Å². The van der Waals surface area contributed by atoms with Crippen LogP contribution in [0, 0.1) is 5.92 Å². The van der Waals surface area contributed by atoms with Crippen molar-refractivity contribution in [2.75, 3.05) is 45.9 Å². The van der Waals surface area contributed by atoms with E-state index in [1.54, 1.807) is 0 Å². The summed E-state index contributed by atoms with van der Waals surface area (Å²) in [6.07, 6.45) is 3.63. The van der Waals surface area contributed by atoms with Crippen LogP contribution in [0.15, 0.2) is 0 Å². The van der Waals surface area contributed by atoms with Crippen LogP contribution >= 0.6 is 0 Å².